The van der Waals surface area contributed by atoms with E-state index < -0.39 is 0 Å². The molecule has 0 aromatic carbocycles. The third kappa shape index (κ3) is 2.26. The van der Waals surface area contributed by atoms with Crippen LogP contribution in [-0.2, 0) is 0 Å². The van der Waals surface area contributed by atoms with Crippen molar-refractivity contribution in [3.8, 4) is 36.4 Å². The predicted octanol–water partition coefficient (Wildman–Crippen LogP) is 6.64. The minimum atomic E-state index is 0.373. The lowest BCUT2D eigenvalue weighted by molar-refractivity contribution is 0.480. The first-order valence-electron chi connectivity index (χ1n) is 6.30. The molecule has 0 atom stereocenters. The first-order chi connectivity index (χ1) is 10.3. The van der Waals surface area contributed by atoms with Crippen molar-refractivity contribution < 1.29 is 5.11 Å². The number of hydrogen-bond acceptors (Lipinski definition) is 5. The molecule has 4 aromatic heterocycles. The molecule has 0 saturated carbocycles. The van der Waals surface area contributed by atoms with Crippen LogP contribution >= 0.6 is 45.3 Å². The monoisotopic (exact) mass is 346 g/mol. The number of thiophene rings is 4. The van der Waals surface area contributed by atoms with Crippen LogP contribution in [0.15, 0.2) is 51.9 Å². The Labute approximate surface area is 138 Å². The lowest BCUT2D eigenvalue weighted by Gasteiger charge is -2.04. The van der Waals surface area contributed by atoms with Gasteiger partial charge in [-0.3, -0.25) is 0 Å². The van der Waals surface area contributed by atoms with Crippen LogP contribution in [0.25, 0.3) is 30.6 Å². The molecule has 0 fully saturated rings. The molecule has 4 aromatic rings. The number of rotatable bonds is 3. The van der Waals surface area contributed by atoms with E-state index in [2.05, 4.69) is 40.4 Å². The van der Waals surface area contributed by atoms with Crippen molar-refractivity contribution in [3.63, 3.8) is 0 Å². The maximum atomic E-state index is 10.0. The van der Waals surface area contributed by atoms with Crippen LogP contribution in [0.2, 0.25) is 0 Å². The quantitative estimate of drug-likeness (QED) is 0.441. The highest BCUT2D eigenvalue weighted by atomic mass is 32.1. The van der Waals surface area contributed by atoms with E-state index in [9.17, 15) is 5.11 Å². The Hall–Kier alpha value is -1.40. The van der Waals surface area contributed by atoms with E-state index in [4.69, 9.17) is 0 Å². The molecule has 0 aliphatic rings. The molecule has 0 radical (unpaired) electrons. The molecule has 4 heterocycles. The molecule has 5 heteroatoms. The van der Waals surface area contributed by atoms with Gasteiger partial charge in [-0.05, 0) is 45.8 Å². The van der Waals surface area contributed by atoms with Gasteiger partial charge in [-0.2, -0.15) is 0 Å². The van der Waals surface area contributed by atoms with Gasteiger partial charge in [0.05, 0.1) is 9.75 Å². The van der Waals surface area contributed by atoms with Crippen LogP contribution in [0.5, 0.6) is 5.75 Å². The van der Waals surface area contributed by atoms with Crippen LogP contribution in [-0.4, -0.2) is 5.11 Å². The fourth-order valence-electron chi connectivity index (χ4n) is 2.28. The second-order valence-electron chi connectivity index (χ2n) is 4.44. The summed E-state index contributed by atoms with van der Waals surface area (Å²) in [5.74, 6) is 0.373. The topological polar surface area (TPSA) is 20.2 Å². The zero-order valence-corrected chi connectivity index (χ0v) is 14.0. The van der Waals surface area contributed by atoms with Crippen molar-refractivity contribution in [1.82, 2.24) is 0 Å². The molecule has 1 nitrogen and oxygen atoms in total. The van der Waals surface area contributed by atoms with E-state index in [0.717, 1.165) is 9.75 Å². The summed E-state index contributed by atoms with van der Waals surface area (Å²) >= 11 is 6.80. The van der Waals surface area contributed by atoms with E-state index in [1.807, 2.05) is 5.38 Å². The van der Waals surface area contributed by atoms with Crippen molar-refractivity contribution in [2.75, 3.05) is 0 Å². The van der Waals surface area contributed by atoms with Crippen LogP contribution < -0.4 is 0 Å². The molecule has 4 rings (SSSR count). The van der Waals surface area contributed by atoms with Crippen molar-refractivity contribution in [2.24, 2.45) is 0 Å². The molecule has 0 amide bonds. The predicted molar refractivity (Wildman–Crippen MR) is 95.9 cm³/mol. The Bertz CT molecular complexity index is 864. The molecule has 0 saturated heterocycles. The zero-order chi connectivity index (χ0) is 14.2. The Balaban J connectivity index is 1.89. The molecular formula is C16H10OS4. The maximum absolute atomic E-state index is 10.0. The molecule has 0 aliphatic heterocycles. The van der Waals surface area contributed by atoms with Gasteiger partial charge in [-0.1, -0.05) is 6.07 Å². The van der Waals surface area contributed by atoms with Crippen LogP contribution in [0, 0.1) is 0 Å². The minimum Gasteiger partial charge on any atom is -0.506 e. The van der Waals surface area contributed by atoms with Crippen LogP contribution in [0.1, 0.15) is 0 Å². The molecule has 21 heavy (non-hydrogen) atoms. The summed E-state index contributed by atoms with van der Waals surface area (Å²) in [5, 5.41) is 18.3. The highest BCUT2D eigenvalue weighted by Crippen LogP contribution is 2.48. The molecule has 0 spiro atoms. The molecule has 0 aliphatic carbocycles. The van der Waals surface area contributed by atoms with Gasteiger partial charge in [0.1, 0.15) is 5.75 Å². The van der Waals surface area contributed by atoms with Crippen LogP contribution in [0.4, 0.5) is 0 Å². The van der Waals surface area contributed by atoms with Gasteiger partial charge in [0.2, 0.25) is 0 Å². The van der Waals surface area contributed by atoms with E-state index in [1.165, 1.54) is 20.9 Å². The highest BCUT2D eigenvalue weighted by Gasteiger charge is 2.18. The second-order valence-corrected chi connectivity index (χ2v) is 8.14. The second kappa shape index (κ2) is 5.42. The standard InChI is InChI=1S/C16H10OS4/c17-12-5-9-21-16(12)15-11(4-8-20-15)14-10(3-7-19-14)13-2-1-6-18-13/h1-9,17H. The number of hydrogen-bond donors (Lipinski definition) is 1. The molecule has 0 unspecified atom stereocenters. The van der Waals surface area contributed by atoms with E-state index in [-0.39, 0.29) is 0 Å². The van der Waals surface area contributed by atoms with E-state index in [1.54, 1.807) is 51.4 Å². The summed E-state index contributed by atoms with van der Waals surface area (Å²) in [6.45, 7) is 0. The van der Waals surface area contributed by atoms with Crippen molar-refractivity contribution in [3.05, 3.63) is 51.9 Å². The lowest BCUT2D eigenvalue weighted by Crippen LogP contribution is -1.76. The third-order valence-corrected chi connectivity index (χ3v) is 7.05. The van der Waals surface area contributed by atoms with Gasteiger partial charge in [-0.25, -0.2) is 0 Å². The number of aromatic hydroxyl groups is 1. The third-order valence-electron chi connectivity index (χ3n) is 3.21. The Morgan fingerprint density at radius 1 is 0.619 bits per heavy atom. The average Bonchev–Trinajstić information content (AvgIpc) is 3.25. The Kier molecular flexibility index (Phi) is 3.43. The van der Waals surface area contributed by atoms with E-state index >= 15 is 0 Å². The van der Waals surface area contributed by atoms with Crippen molar-refractivity contribution >= 4 is 45.3 Å². The summed E-state index contributed by atoms with van der Waals surface area (Å²) in [6.07, 6.45) is 0. The Morgan fingerprint density at radius 3 is 2.05 bits per heavy atom. The van der Waals surface area contributed by atoms with Gasteiger partial charge in [0, 0.05) is 20.9 Å². The van der Waals surface area contributed by atoms with Gasteiger partial charge in [0.25, 0.3) is 0 Å². The fraction of sp³-hybridized carbons (Fsp3) is 0. The highest BCUT2D eigenvalue weighted by molar-refractivity contribution is 7.22. The van der Waals surface area contributed by atoms with Gasteiger partial charge in [-0.15, -0.1) is 45.3 Å². The van der Waals surface area contributed by atoms with E-state index in [0.29, 0.717) is 5.75 Å². The average molecular weight is 347 g/mol. The molecule has 1 N–H and O–H groups in total. The fourth-order valence-corrected chi connectivity index (χ4v) is 5.99. The molecular weight excluding hydrogens is 336 g/mol. The zero-order valence-electron chi connectivity index (χ0n) is 10.8. The summed E-state index contributed by atoms with van der Waals surface area (Å²) in [7, 11) is 0. The first kappa shape index (κ1) is 13.3. The lowest BCUT2D eigenvalue weighted by atomic mass is 10.1. The molecule has 0 bridgehead atoms. The summed E-state index contributed by atoms with van der Waals surface area (Å²) in [5.41, 5.74) is 2.50. The molecule has 104 valence electrons. The van der Waals surface area contributed by atoms with Crippen molar-refractivity contribution in [1.29, 1.82) is 0 Å². The normalized spacial score (nSPS) is 11.0. The van der Waals surface area contributed by atoms with Gasteiger partial charge >= 0.3 is 0 Å². The van der Waals surface area contributed by atoms with Crippen LogP contribution in [0.3, 0.4) is 0 Å². The Morgan fingerprint density at radius 2 is 1.33 bits per heavy atom. The largest absolute Gasteiger partial charge is 0.506 e. The van der Waals surface area contributed by atoms with Gasteiger partial charge < -0.3 is 5.11 Å². The first-order valence-corrected chi connectivity index (χ1v) is 9.82. The van der Waals surface area contributed by atoms with Gasteiger partial charge in [0.15, 0.2) is 0 Å². The smallest absolute Gasteiger partial charge is 0.135 e. The summed E-state index contributed by atoms with van der Waals surface area (Å²) in [6, 6.07) is 10.3. The summed E-state index contributed by atoms with van der Waals surface area (Å²) < 4.78 is 0. The SMILES string of the molecule is Oc1ccsc1-c1sccc1-c1sccc1-c1cccs1. The minimum absolute atomic E-state index is 0.373. The summed E-state index contributed by atoms with van der Waals surface area (Å²) in [4.78, 5) is 4.69. The maximum Gasteiger partial charge on any atom is 0.135 e. The van der Waals surface area contributed by atoms with Crippen molar-refractivity contribution in [2.45, 2.75) is 0 Å².